The zero-order valence-corrected chi connectivity index (χ0v) is 18.2. The van der Waals surface area contributed by atoms with Crippen LogP contribution >= 0.6 is 23.2 Å². The summed E-state index contributed by atoms with van der Waals surface area (Å²) in [6.07, 6.45) is 3.08. The first kappa shape index (κ1) is 20.3. The zero-order valence-electron chi connectivity index (χ0n) is 16.7. The second-order valence-corrected chi connectivity index (χ2v) is 7.77. The Kier molecular flexibility index (Phi) is 5.16. The highest BCUT2D eigenvalue weighted by Crippen LogP contribution is 2.35. The lowest BCUT2D eigenvalue weighted by molar-refractivity contribution is 0.289. The summed E-state index contributed by atoms with van der Waals surface area (Å²) >= 11 is 12.2. The van der Waals surface area contributed by atoms with Gasteiger partial charge in [0.15, 0.2) is 5.65 Å². The highest BCUT2D eigenvalue weighted by atomic mass is 35.5. The number of hydrogen-bond donors (Lipinski definition) is 0. The van der Waals surface area contributed by atoms with Gasteiger partial charge in [-0.3, -0.25) is 0 Å². The van der Waals surface area contributed by atoms with E-state index in [4.69, 9.17) is 32.4 Å². The number of ether oxygens (including phenoxy) is 1. The molecule has 0 saturated heterocycles. The van der Waals surface area contributed by atoms with Crippen LogP contribution in [0.3, 0.4) is 0 Å². The molecule has 3 heterocycles. The van der Waals surface area contributed by atoms with Crippen molar-refractivity contribution in [2.24, 2.45) is 0 Å². The molecular weight excluding hydrogens is 453 g/mol. The number of fused-ring (bicyclic) bond motifs is 1. The van der Waals surface area contributed by atoms with E-state index in [1.54, 1.807) is 30.5 Å². The predicted molar refractivity (Wildman–Crippen MR) is 120 cm³/mol. The molecule has 0 aliphatic rings. The smallest absolute Gasteiger partial charge is 0.367 e. The third kappa shape index (κ3) is 3.63. The van der Waals surface area contributed by atoms with Crippen molar-refractivity contribution < 1.29 is 9.15 Å². The molecule has 0 aliphatic carbocycles. The number of aromatic nitrogens is 5. The molecule has 32 heavy (non-hydrogen) atoms. The summed E-state index contributed by atoms with van der Waals surface area (Å²) < 4.78 is 12.9. The topological polar surface area (TPSA) is 87.5 Å². The van der Waals surface area contributed by atoms with E-state index in [-0.39, 0.29) is 12.5 Å². The van der Waals surface area contributed by atoms with Gasteiger partial charge in [-0.1, -0.05) is 47.5 Å². The van der Waals surface area contributed by atoms with Crippen molar-refractivity contribution in [3.05, 3.63) is 87.3 Å². The molecule has 3 aromatic heterocycles. The second kappa shape index (κ2) is 8.14. The van der Waals surface area contributed by atoms with Gasteiger partial charge >= 0.3 is 11.6 Å². The Bertz CT molecular complexity index is 1470. The molecule has 160 valence electrons. The van der Waals surface area contributed by atoms with Gasteiger partial charge < -0.3 is 9.15 Å². The maximum atomic E-state index is 13.0. The first-order valence-electron chi connectivity index (χ1n) is 9.53. The summed E-state index contributed by atoms with van der Waals surface area (Å²) in [6.45, 7) is 0.0297. The normalized spacial score (nSPS) is 11.2. The first-order valence-corrected chi connectivity index (χ1v) is 10.3. The lowest BCUT2D eigenvalue weighted by atomic mass is 9.97. The van der Waals surface area contributed by atoms with E-state index >= 15 is 0 Å². The van der Waals surface area contributed by atoms with Gasteiger partial charge in [-0.05, 0) is 35.4 Å². The van der Waals surface area contributed by atoms with Crippen LogP contribution < -0.4 is 10.4 Å². The van der Waals surface area contributed by atoms with Crippen LogP contribution in [0, 0.1) is 0 Å². The molecular formula is C22H15Cl2N5O3. The Labute approximate surface area is 191 Å². The van der Waals surface area contributed by atoms with Gasteiger partial charge in [0.1, 0.15) is 12.7 Å². The molecule has 10 heteroatoms. The Morgan fingerprint density at radius 1 is 0.969 bits per heavy atom. The highest BCUT2D eigenvalue weighted by molar-refractivity contribution is 6.31. The van der Waals surface area contributed by atoms with Crippen LogP contribution in [0.25, 0.3) is 27.9 Å². The van der Waals surface area contributed by atoms with E-state index < -0.39 is 5.69 Å². The average molecular weight is 468 g/mol. The quantitative estimate of drug-likeness (QED) is 0.376. The lowest BCUT2D eigenvalue weighted by Gasteiger charge is -2.11. The van der Waals surface area contributed by atoms with Crippen LogP contribution in [-0.4, -0.2) is 31.5 Å². The summed E-state index contributed by atoms with van der Waals surface area (Å²) in [7, 11) is 1.47. The van der Waals surface area contributed by atoms with Crippen molar-refractivity contribution in [2.45, 2.75) is 6.54 Å². The largest absolute Gasteiger partial charge is 0.467 e. The molecule has 8 nitrogen and oxygen atoms in total. The van der Waals surface area contributed by atoms with E-state index in [0.717, 1.165) is 22.3 Å². The number of methoxy groups -OCH3 is 1. The lowest BCUT2D eigenvalue weighted by Crippen LogP contribution is -2.23. The van der Waals surface area contributed by atoms with Crippen LogP contribution in [0.5, 0.6) is 5.95 Å². The molecule has 0 N–H and O–H groups in total. The van der Waals surface area contributed by atoms with E-state index in [1.165, 1.54) is 22.5 Å². The van der Waals surface area contributed by atoms with Crippen molar-refractivity contribution in [3.63, 3.8) is 0 Å². The van der Waals surface area contributed by atoms with E-state index in [9.17, 15) is 4.79 Å². The molecule has 0 fully saturated rings. The summed E-state index contributed by atoms with van der Waals surface area (Å²) in [6, 6.07) is 14.7. The Hall–Kier alpha value is -3.62. The van der Waals surface area contributed by atoms with E-state index in [2.05, 4.69) is 15.2 Å². The standard InChI is InChI=1S/C22H15Cl2N5O3/c1-31-19-11-25-18(32-19)12-28-22(30)29-21(27-28)20(14-4-8-16(24)9-5-14)17(10-26-29)13-2-6-15(23)7-3-13/h2-11H,12H2,1H3. The van der Waals surface area contributed by atoms with Crippen LogP contribution in [0.15, 0.2) is 70.1 Å². The number of nitrogens with zero attached hydrogens (tertiary/aromatic N) is 5. The maximum absolute atomic E-state index is 13.0. The molecule has 0 bridgehead atoms. The van der Waals surface area contributed by atoms with Gasteiger partial charge in [-0.2, -0.15) is 9.61 Å². The molecule has 0 saturated carbocycles. The van der Waals surface area contributed by atoms with Crippen LogP contribution in [0.2, 0.25) is 10.0 Å². The van der Waals surface area contributed by atoms with Crippen LogP contribution in [0.1, 0.15) is 5.89 Å². The van der Waals surface area contributed by atoms with Crippen molar-refractivity contribution in [3.8, 4) is 28.2 Å². The van der Waals surface area contributed by atoms with Crippen molar-refractivity contribution in [1.82, 2.24) is 24.4 Å². The minimum atomic E-state index is -0.421. The van der Waals surface area contributed by atoms with Gasteiger partial charge in [0.05, 0.1) is 13.3 Å². The fourth-order valence-corrected chi connectivity index (χ4v) is 3.65. The fourth-order valence-electron chi connectivity index (χ4n) is 3.40. The van der Waals surface area contributed by atoms with Crippen molar-refractivity contribution in [2.75, 3.05) is 7.11 Å². The van der Waals surface area contributed by atoms with Crippen molar-refractivity contribution >= 4 is 28.8 Å². The SMILES string of the molecule is COc1cnc(Cn2nc3c(-c4ccc(Cl)cc4)c(-c4ccc(Cl)cc4)cnn3c2=O)o1. The molecule has 0 unspecified atom stereocenters. The number of oxazole rings is 1. The molecule has 2 aromatic carbocycles. The van der Waals surface area contributed by atoms with Gasteiger partial charge in [-0.25, -0.2) is 14.5 Å². The van der Waals surface area contributed by atoms with Crippen molar-refractivity contribution in [1.29, 1.82) is 0 Å². The van der Waals surface area contributed by atoms with Gasteiger partial charge in [0.25, 0.3) is 0 Å². The number of halogens is 2. The van der Waals surface area contributed by atoms with Gasteiger partial charge in [0.2, 0.25) is 5.89 Å². The van der Waals surface area contributed by atoms with Gasteiger partial charge in [0, 0.05) is 21.2 Å². The molecule has 0 amide bonds. The Morgan fingerprint density at radius 3 is 2.25 bits per heavy atom. The fraction of sp³-hybridized carbons (Fsp3) is 0.0909. The van der Waals surface area contributed by atoms with Crippen LogP contribution in [-0.2, 0) is 6.54 Å². The molecule has 0 aliphatic heterocycles. The maximum Gasteiger partial charge on any atom is 0.367 e. The first-order chi connectivity index (χ1) is 15.5. The number of rotatable bonds is 5. The summed E-state index contributed by atoms with van der Waals surface area (Å²) in [5.41, 5.74) is 3.22. The Balaban J connectivity index is 1.72. The van der Waals surface area contributed by atoms with E-state index in [1.807, 2.05) is 24.3 Å². The van der Waals surface area contributed by atoms with Gasteiger partial charge in [-0.15, -0.1) is 5.10 Å². The zero-order chi connectivity index (χ0) is 22.2. The van der Waals surface area contributed by atoms with E-state index in [0.29, 0.717) is 21.6 Å². The summed E-state index contributed by atoms with van der Waals surface area (Å²) in [5, 5.41) is 10.1. The second-order valence-electron chi connectivity index (χ2n) is 6.90. The molecule has 0 spiro atoms. The molecule has 0 radical (unpaired) electrons. The third-order valence-electron chi connectivity index (χ3n) is 4.92. The molecule has 5 aromatic rings. The summed E-state index contributed by atoms with van der Waals surface area (Å²) in [5.74, 6) is 0.542. The minimum absolute atomic E-state index is 0.0297. The summed E-state index contributed by atoms with van der Waals surface area (Å²) in [4.78, 5) is 17.1. The predicted octanol–water partition coefficient (Wildman–Crippen LogP) is 4.58. The highest BCUT2D eigenvalue weighted by Gasteiger charge is 2.19. The number of benzene rings is 2. The molecule has 5 rings (SSSR count). The average Bonchev–Trinajstić information content (AvgIpc) is 3.39. The minimum Gasteiger partial charge on any atom is -0.467 e. The monoisotopic (exact) mass is 467 g/mol. The van der Waals surface area contributed by atoms with Crippen LogP contribution in [0.4, 0.5) is 0 Å². The third-order valence-corrected chi connectivity index (χ3v) is 5.42. The number of hydrogen-bond acceptors (Lipinski definition) is 6. The Morgan fingerprint density at radius 2 is 1.62 bits per heavy atom. The molecule has 0 atom stereocenters.